The van der Waals surface area contributed by atoms with Crippen molar-refractivity contribution in [3.63, 3.8) is 0 Å². The van der Waals surface area contributed by atoms with Gasteiger partial charge in [-0.15, -0.1) is 0 Å². The molecule has 0 aromatic heterocycles. The second-order valence-corrected chi connectivity index (χ2v) is 6.73. The minimum Gasteiger partial charge on any atom is -0.354 e. The first-order valence-corrected chi connectivity index (χ1v) is 9.10. The number of alkyl halides is 3. The highest BCUT2D eigenvalue weighted by molar-refractivity contribution is 5.79. The van der Waals surface area contributed by atoms with Crippen LogP contribution in [0.3, 0.4) is 0 Å². The summed E-state index contributed by atoms with van der Waals surface area (Å²) in [5, 5.41) is 5.28. The van der Waals surface area contributed by atoms with E-state index in [1.165, 1.54) is 30.3 Å². The van der Waals surface area contributed by atoms with Crippen molar-refractivity contribution in [3.8, 4) is 0 Å². The van der Waals surface area contributed by atoms with Gasteiger partial charge in [-0.1, -0.05) is 31.2 Å². The van der Waals surface area contributed by atoms with Crippen LogP contribution in [0.5, 0.6) is 0 Å². The van der Waals surface area contributed by atoms with Gasteiger partial charge in [0.05, 0.1) is 12.0 Å². The van der Waals surface area contributed by atoms with Crippen LogP contribution in [0.4, 0.5) is 17.6 Å². The number of halogens is 4. The van der Waals surface area contributed by atoms with Crippen molar-refractivity contribution in [2.75, 3.05) is 13.1 Å². The Hall–Kier alpha value is -2.90. The van der Waals surface area contributed by atoms with Crippen LogP contribution in [0.25, 0.3) is 0 Å². The second-order valence-electron chi connectivity index (χ2n) is 6.73. The molecule has 0 aliphatic heterocycles. The zero-order chi connectivity index (χ0) is 21.4. The summed E-state index contributed by atoms with van der Waals surface area (Å²) < 4.78 is 50.9. The average molecular weight is 410 g/mol. The van der Waals surface area contributed by atoms with E-state index in [0.29, 0.717) is 11.1 Å². The normalized spacial score (nSPS) is 12.3. The van der Waals surface area contributed by atoms with Gasteiger partial charge in [0.1, 0.15) is 5.82 Å². The van der Waals surface area contributed by atoms with Crippen LogP contribution in [0.1, 0.15) is 36.0 Å². The largest absolute Gasteiger partial charge is 0.416 e. The highest BCUT2D eigenvalue weighted by Crippen LogP contribution is 2.30. The molecule has 0 saturated carbocycles. The van der Waals surface area contributed by atoms with E-state index in [1.54, 1.807) is 13.0 Å². The number of amides is 2. The number of benzene rings is 2. The predicted molar refractivity (Wildman–Crippen MR) is 101 cm³/mol. The summed E-state index contributed by atoms with van der Waals surface area (Å²) in [6, 6.07) is 10.5. The molecule has 2 rings (SSSR count). The number of hydrogen-bond donors (Lipinski definition) is 2. The van der Waals surface area contributed by atoms with Crippen LogP contribution in [0, 0.1) is 5.82 Å². The third kappa shape index (κ3) is 7.56. The lowest BCUT2D eigenvalue weighted by atomic mass is 9.96. The molecule has 1 unspecified atom stereocenters. The van der Waals surface area contributed by atoms with Gasteiger partial charge < -0.3 is 10.6 Å². The van der Waals surface area contributed by atoms with E-state index in [1.807, 2.05) is 0 Å². The van der Waals surface area contributed by atoms with E-state index in [4.69, 9.17) is 0 Å². The zero-order valence-electron chi connectivity index (χ0n) is 15.9. The quantitative estimate of drug-likeness (QED) is 0.514. The maximum absolute atomic E-state index is 13.1. The molecule has 0 radical (unpaired) electrons. The summed E-state index contributed by atoms with van der Waals surface area (Å²) in [5.74, 6) is -1.22. The van der Waals surface area contributed by atoms with Crippen LogP contribution in [0.2, 0.25) is 0 Å². The van der Waals surface area contributed by atoms with Gasteiger partial charge in [-0.25, -0.2) is 4.39 Å². The first-order chi connectivity index (χ1) is 13.6. The first-order valence-electron chi connectivity index (χ1n) is 9.10. The molecule has 2 aromatic carbocycles. The van der Waals surface area contributed by atoms with Crippen LogP contribution in [0.15, 0.2) is 48.5 Å². The van der Waals surface area contributed by atoms with E-state index in [0.717, 1.165) is 12.1 Å². The summed E-state index contributed by atoms with van der Waals surface area (Å²) in [6.45, 7) is 2.19. The van der Waals surface area contributed by atoms with Crippen LogP contribution < -0.4 is 10.6 Å². The van der Waals surface area contributed by atoms with E-state index in [-0.39, 0.29) is 43.7 Å². The minimum absolute atomic E-state index is 0.0384. The molecular weight excluding hydrogens is 388 g/mol. The Kier molecular flexibility index (Phi) is 7.75. The molecule has 0 spiro atoms. The van der Waals surface area contributed by atoms with Gasteiger partial charge in [0.2, 0.25) is 11.8 Å². The highest BCUT2D eigenvalue weighted by Gasteiger charge is 2.30. The van der Waals surface area contributed by atoms with Gasteiger partial charge in [0.25, 0.3) is 0 Å². The fourth-order valence-electron chi connectivity index (χ4n) is 2.77. The Morgan fingerprint density at radius 1 is 0.966 bits per heavy atom. The lowest BCUT2D eigenvalue weighted by Crippen LogP contribution is -2.35. The van der Waals surface area contributed by atoms with Gasteiger partial charge in [-0.3, -0.25) is 9.59 Å². The van der Waals surface area contributed by atoms with Gasteiger partial charge >= 0.3 is 6.18 Å². The van der Waals surface area contributed by atoms with Gasteiger partial charge in [0, 0.05) is 19.5 Å². The smallest absolute Gasteiger partial charge is 0.354 e. The Bertz CT molecular complexity index is 835. The SMILES string of the molecule is CC(CC(=O)NCCNC(=O)Cc1cccc(F)c1)c1ccc(C(F)(F)F)cc1. The fraction of sp³-hybridized carbons (Fsp3) is 0.333. The van der Waals surface area contributed by atoms with Crippen molar-refractivity contribution in [2.45, 2.75) is 31.9 Å². The number of carbonyl (C=O) groups is 2. The molecule has 156 valence electrons. The molecule has 1 atom stereocenters. The highest BCUT2D eigenvalue weighted by atomic mass is 19.4. The molecule has 4 nitrogen and oxygen atoms in total. The van der Waals surface area contributed by atoms with Crippen molar-refractivity contribution in [3.05, 3.63) is 71.0 Å². The van der Waals surface area contributed by atoms with Gasteiger partial charge in [-0.05, 0) is 41.3 Å². The van der Waals surface area contributed by atoms with Crippen molar-refractivity contribution >= 4 is 11.8 Å². The van der Waals surface area contributed by atoms with E-state index < -0.39 is 17.6 Å². The lowest BCUT2D eigenvalue weighted by molar-refractivity contribution is -0.137. The molecule has 0 aliphatic rings. The predicted octanol–water partition coefficient (Wildman–Crippen LogP) is 3.81. The molecule has 0 aliphatic carbocycles. The monoisotopic (exact) mass is 410 g/mol. The third-order valence-electron chi connectivity index (χ3n) is 4.32. The number of hydrogen-bond acceptors (Lipinski definition) is 2. The maximum atomic E-state index is 13.1. The molecule has 2 aromatic rings. The van der Waals surface area contributed by atoms with Crippen LogP contribution in [-0.4, -0.2) is 24.9 Å². The molecule has 2 N–H and O–H groups in total. The van der Waals surface area contributed by atoms with Crippen LogP contribution in [-0.2, 0) is 22.2 Å². The zero-order valence-corrected chi connectivity index (χ0v) is 15.9. The molecule has 2 amide bonds. The number of nitrogens with one attached hydrogen (secondary N) is 2. The number of carbonyl (C=O) groups excluding carboxylic acids is 2. The summed E-state index contributed by atoms with van der Waals surface area (Å²) in [7, 11) is 0. The topological polar surface area (TPSA) is 58.2 Å². The second kappa shape index (κ2) is 10.0. The lowest BCUT2D eigenvalue weighted by Gasteiger charge is -2.14. The van der Waals surface area contributed by atoms with Crippen molar-refractivity contribution in [1.29, 1.82) is 0 Å². The van der Waals surface area contributed by atoms with E-state index in [2.05, 4.69) is 10.6 Å². The Labute approximate surface area is 166 Å². The Morgan fingerprint density at radius 2 is 1.59 bits per heavy atom. The fourth-order valence-corrected chi connectivity index (χ4v) is 2.77. The first kappa shape index (κ1) is 22.4. The maximum Gasteiger partial charge on any atom is 0.416 e. The van der Waals surface area contributed by atoms with Gasteiger partial charge in [-0.2, -0.15) is 13.2 Å². The summed E-state index contributed by atoms with van der Waals surface area (Å²) >= 11 is 0. The molecule has 0 bridgehead atoms. The molecule has 8 heteroatoms. The van der Waals surface area contributed by atoms with Crippen molar-refractivity contribution in [2.24, 2.45) is 0 Å². The number of rotatable bonds is 8. The minimum atomic E-state index is -4.39. The van der Waals surface area contributed by atoms with Crippen molar-refractivity contribution < 1.29 is 27.2 Å². The molecule has 0 fully saturated rings. The van der Waals surface area contributed by atoms with Crippen LogP contribution >= 0.6 is 0 Å². The molecule has 29 heavy (non-hydrogen) atoms. The summed E-state index contributed by atoms with van der Waals surface area (Å²) in [6.07, 6.45) is -4.24. The molecule has 0 saturated heterocycles. The average Bonchev–Trinajstić information content (AvgIpc) is 2.64. The van der Waals surface area contributed by atoms with Gasteiger partial charge in [0.15, 0.2) is 0 Å². The molecule has 0 heterocycles. The Morgan fingerprint density at radius 3 is 2.17 bits per heavy atom. The van der Waals surface area contributed by atoms with Crippen molar-refractivity contribution in [1.82, 2.24) is 10.6 Å². The summed E-state index contributed by atoms with van der Waals surface area (Å²) in [4.78, 5) is 23.8. The summed E-state index contributed by atoms with van der Waals surface area (Å²) in [5.41, 5.74) is 0.459. The van der Waals surface area contributed by atoms with E-state index >= 15 is 0 Å². The third-order valence-corrected chi connectivity index (χ3v) is 4.32. The van der Waals surface area contributed by atoms with E-state index in [9.17, 15) is 27.2 Å². The standard InChI is InChI=1S/C21H22F4N2O2/c1-14(16-5-7-17(8-6-16)21(23,24)25)11-19(28)26-9-10-27-20(29)13-15-3-2-4-18(22)12-15/h2-8,12,14H,9-11,13H2,1H3,(H,26,28)(H,27,29). The Balaban J connectivity index is 1.69. The molecular formula is C21H22F4N2O2.